The maximum atomic E-state index is 11.8. The highest BCUT2D eigenvalue weighted by molar-refractivity contribution is 7.90. The largest absolute Gasteiger partial charge is 0.338 e. The fraction of sp³-hybridized carbons (Fsp3) is 0.0500. The Kier molecular flexibility index (Phi) is 3.94. The number of nitrogens with one attached hydrogen (secondary N) is 2. The third-order valence-electron chi connectivity index (χ3n) is 4.73. The molecule has 0 spiro atoms. The lowest BCUT2D eigenvalue weighted by Gasteiger charge is -2.08. The van der Waals surface area contributed by atoms with Crippen LogP contribution in [0, 0.1) is 0 Å². The number of aromatic nitrogens is 4. The number of rotatable bonds is 2. The Morgan fingerprint density at radius 2 is 1.90 bits per heavy atom. The first-order valence-corrected chi connectivity index (χ1v) is 11.0. The first-order valence-electron chi connectivity index (χ1n) is 8.68. The van der Waals surface area contributed by atoms with Crippen molar-refractivity contribution < 1.29 is 8.42 Å². The molecule has 0 fully saturated rings. The summed E-state index contributed by atoms with van der Waals surface area (Å²) in [6.07, 6.45) is 6.30. The smallest absolute Gasteiger partial charge is 0.175 e. The number of pyridine rings is 2. The van der Waals surface area contributed by atoms with Crippen LogP contribution in [-0.2, 0) is 9.84 Å². The van der Waals surface area contributed by atoms with Gasteiger partial charge in [0.25, 0.3) is 0 Å². The second kappa shape index (κ2) is 6.40. The summed E-state index contributed by atoms with van der Waals surface area (Å²) in [6, 6.07) is 10.3. The Hall–Kier alpha value is -3.23. The Balaban J connectivity index is 1.74. The van der Waals surface area contributed by atoms with E-state index in [-0.39, 0.29) is 4.90 Å². The lowest BCUT2D eigenvalue weighted by molar-refractivity contribution is 0.602. The molecular formula is C20H14ClN5O2S. The van der Waals surface area contributed by atoms with Crippen molar-refractivity contribution in [3.05, 3.63) is 60.0 Å². The number of anilines is 2. The van der Waals surface area contributed by atoms with Gasteiger partial charge in [-0.2, -0.15) is 0 Å². The van der Waals surface area contributed by atoms with Gasteiger partial charge >= 0.3 is 0 Å². The minimum atomic E-state index is -3.35. The van der Waals surface area contributed by atoms with Crippen molar-refractivity contribution in [1.82, 2.24) is 19.9 Å². The highest BCUT2D eigenvalue weighted by Gasteiger charge is 2.24. The van der Waals surface area contributed by atoms with Crippen LogP contribution in [0.2, 0.25) is 5.02 Å². The van der Waals surface area contributed by atoms with Crippen molar-refractivity contribution in [3.8, 4) is 33.9 Å². The molecule has 7 nitrogen and oxygen atoms in total. The molecular weight excluding hydrogens is 410 g/mol. The number of hydrogen-bond donors (Lipinski definition) is 2. The SMILES string of the molecule is CS(=O)(=O)c1ccc(-c2nc3c([nH]2)-c2ccncc2Nc2ncccc2-3)c(Cl)c1. The van der Waals surface area contributed by atoms with E-state index < -0.39 is 9.84 Å². The highest BCUT2D eigenvalue weighted by atomic mass is 35.5. The minimum Gasteiger partial charge on any atom is -0.338 e. The molecule has 4 heterocycles. The summed E-state index contributed by atoms with van der Waals surface area (Å²) < 4.78 is 23.6. The van der Waals surface area contributed by atoms with Crippen LogP contribution in [0.25, 0.3) is 33.9 Å². The standard InChI is InChI=1S/C20H14ClN5O2S/c1-29(27,28)11-4-5-12(15(21)9-11)20-25-17-13-6-8-22-10-16(13)24-19-14(18(17)26-20)3-2-7-23-19/h2-10H,1H3,(H,23,24)(H,25,26). The van der Waals surface area contributed by atoms with E-state index in [1.54, 1.807) is 24.7 Å². The number of imidazole rings is 1. The fourth-order valence-electron chi connectivity index (χ4n) is 3.34. The summed E-state index contributed by atoms with van der Waals surface area (Å²) in [7, 11) is -3.35. The Morgan fingerprint density at radius 3 is 2.69 bits per heavy atom. The molecule has 0 bridgehead atoms. The van der Waals surface area contributed by atoms with Gasteiger partial charge < -0.3 is 10.3 Å². The van der Waals surface area contributed by atoms with Crippen LogP contribution < -0.4 is 5.32 Å². The van der Waals surface area contributed by atoms with Gasteiger partial charge in [0.05, 0.1) is 27.5 Å². The van der Waals surface area contributed by atoms with E-state index in [0.29, 0.717) is 22.2 Å². The van der Waals surface area contributed by atoms with Gasteiger partial charge in [0.2, 0.25) is 0 Å². The monoisotopic (exact) mass is 423 g/mol. The van der Waals surface area contributed by atoms with Crippen molar-refractivity contribution >= 4 is 32.9 Å². The summed E-state index contributed by atoms with van der Waals surface area (Å²) >= 11 is 6.41. The molecule has 2 N–H and O–H groups in total. The highest BCUT2D eigenvalue weighted by Crippen LogP contribution is 2.43. The van der Waals surface area contributed by atoms with Crippen LogP contribution in [0.5, 0.6) is 0 Å². The molecule has 9 heteroatoms. The fourth-order valence-corrected chi connectivity index (χ4v) is 4.33. The van der Waals surface area contributed by atoms with Gasteiger partial charge in [-0.3, -0.25) is 4.98 Å². The number of halogens is 1. The van der Waals surface area contributed by atoms with E-state index in [0.717, 1.165) is 34.5 Å². The van der Waals surface area contributed by atoms with Gasteiger partial charge in [-0.15, -0.1) is 0 Å². The number of benzene rings is 1. The lowest BCUT2D eigenvalue weighted by Crippen LogP contribution is -1.97. The second-order valence-corrected chi connectivity index (χ2v) is 9.09. The zero-order valence-corrected chi connectivity index (χ0v) is 16.7. The van der Waals surface area contributed by atoms with E-state index in [1.807, 2.05) is 18.2 Å². The van der Waals surface area contributed by atoms with Gasteiger partial charge in [-0.05, 0) is 36.4 Å². The predicted octanol–water partition coefficient (Wildman–Crippen LogP) is 4.31. The summed E-state index contributed by atoms with van der Waals surface area (Å²) in [6.45, 7) is 0. The van der Waals surface area contributed by atoms with Crippen LogP contribution in [0.3, 0.4) is 0 Å². The minimum absolute atomic E-state index is 0.162. The van der Waals surface area contributed by atoms with Crippen LogP contribution in [-0.4, -0.2) is 34.6 Å². The zero-order valence-electron chi connectivity index (χ0n) is 15.1. The Bertz CT molecular complexity index is 1320. The van der Waals surface area contributed by atoms with E-state index in [4.69, 9.17) is 16.6 Å². The molecule has 0 atom stereocenters. The molecule has 0 saturated heterocycles. The number of H-pyrrole nitrogens is 1. The molecule has 0 aliphatic carbocycles. The summed E-state index contributed by atoms with van der Waals surface area (Å²) in [5.41, 5.74) is 4.69. The molecule has 1 aliphatic rings. The molecule has 0 saturated carbocycles. The average Bonchev–Trinajstić information content (AvgIpc) is 3.07. The molecule has 0 unspecified atom stereocenters. The van der Waals surface area contributed by atoms with Crippen LogP contribution >= 0.6 is 11.6 Å². The second-order valence-electron chi connectivity index (χ2n) is 6.67. The average molecular weight is 424 g/mol. The van der Waals surface area contributed by atoms with Gasteiger partial charge in [0, 0.05) is 35.3 Å². The van der Waals surface area contributed by atoms with Crippen LogP contribution in [0.4, 0.5) is 11.5 Å². The Morgan fingerprint density at radius 1 is 1.03 bits per heavy atom. The van der Waals surface area contributed by atoms with E-state index >= 15 is 0 Å². The maximum absolute atomic E-state index is 11.8. The van der Waals surface area contributed by atoms with E-state index in [2.05, 4.69) is 20.3 Å². The molecule has 0 radical (unpaired) electrons. The van der Waals surface area contributed by atoms with Crippen molar-refractivity contribution in [2.45, 2.75) is 4.90 Å². The third kappa shape index (κ3) is 2.97. The normalized spacial score (nSPS) is 12.3. The summed E-state index contributed by atoms with van der Waals surface area (Å²) in [5, 5.41) is 3.61. The number of nitrogens with zero attached hydrogens (tertiary/aromatic N) is 3. The summed E-state index contributed by atoms with van der Waals surface area (Å²) in [5.74, 6) is 1.22. The van der Waals surface area contributed by atoms with Gasteiger partial charge in [0.1, 0.15) is 17.3 Å². The first kappa shape index (κ1) is 17.8. The summed E-state index contributed by atoms with van der Waals surface area (Å²) in [4.78, 5) is 16.9. The van der Waals surface area contributed by atoms with E-state index in [1.165, 1.54) is 12.1 Å². The number of fused-ring (bicyclic) bond motifs is 5. The number of sulfone groups is 1. The van der Waals surface area contributed by atoms with Crippen LogP contribution in [0.15, 0.2) is 59.9 Å². The van der Waals surface area contributed by atoms with Crippen molar-refractivity contribution in [2.75, 3.05) is 11.6 Å². The van der Waals surface area contributed by atoms with Crippen molar-refractivity contribution in [1.29, 1.82) is 0 Å². The van der Waals surface area contributed by atoms with Gasteiger partial charge in [0.15, 0.2) is 9.84 Å². The molecule has 1 aromatic carbocycles. The van der Waals surface area contributed by atoms with Gasteiger partial charge in [-0.25, -0.2) is 18.4 Å². The quantitative estimate of drug-likeness (QED) is 0.438. The molecule has 3 aromatic heterocycles. The zero-order chi connectivity index (χ0) is 20.2. The Labute approximate surface area is 171 Å². The number of hydrogen-bond acceptors (Lipinski definition) is 6. The molecule has 4 aromatic rings. The molecule has 5 rings (SSSR count). The maximum Gasteiger partial charge on any atom is 0.175 e. The predicted molar refractivity (Wildman–Crippen MR) is 112 cm³/mol. The molecule has 144 valence electrons. The molecule has 0 amide bonds. The lowest BCUT2D eigenvalue weighted by atomic mass is 10.1. The topological polar surface area (TPSA) is 101 Å². The van der Waals surface area contributed by atoms with Gasteiger partial charge in [-0.1, -0.05) is 11.6 Å². The first-order chi connectivity index (χ1) is 13.9. The molecule has 29 heavy (non-hydrogen) atoms. The van der Waals surface area contributed by atoms with Crippen molar-refractivity contribution in [3.63, 3.8) is 0 Å². The van der Waals surface area contributed by atoms with Crippen LogP contribution in [0.1, 0.15) is 0 Å². The molecule has 1 aliphatic heterocycles. The van der Waals surface area contributed by atoms with Crippen molar-refractivity contribution in [2.24, 2.45) is 0 Å². The van der Waals surface area contributed by atoms with E-state index in [9.17, 15) is 8.42 Å². The number of aromatic amines is 1. The third-order valence-corrected chi connectivity index (χ3v) is 6.16.